The zero-order valence-electron chi connectivity index (χ0n) is 31.2. The Kier molecular flexibility index (Phi) is 6.35. The summed E-state index contributed by atoms with van der Waals surface area (Å²) in [5.74, 6) is 0. The van der Waals surface area contributed by atoms with E-state index in [-0.39, 0.29) is 0 Å². The summed E-state index contributed by atoms with van der Waals surface area (Å²) in [5, 5.41) is 6.95. The third-order valence-corrected chi connectivity index (χ3v) is 11.9. The maximum Gasteiger partial charge on any atom is 0.166 e. The molecule has 0 aliphatic carbocycles. The average Bonchev–Trinajstić information content (AvgIpc) is 4.00. The fourth-order valence-corrected chi connectivity index (χ4v) is 9.49. The number of benzene rings is 8. The molecular weight excluding hydrogens is 709 g/mol. The molecule has 6 heteroatoms. The summed E-state index contributed by atoms with van der Waals surface area (Å²) in [5.41, 5.74) is 14.6. The first-order chi connectivity index (χ1) is 28.8. The first-order valence-corrected chi connectivity index (χ1v) is 19.7. The van der Waals surface area contributed by atoms with E-state index in [0.29, 0.717) is 0 Å². The predicted octanol–water partition coefficient (Wildman–Crippen LogP) is 12.9. The highest BCUT2D eigenvalue weighted by Gasteiger charge is 2.23. The van der Waals surface area contributed by atoms with E-state index in [1.807, 2.05) is 0 Å². The Morgan fingerprint density at radius 3 is 1.02 bits per heavy atom. The largest absolute Gasteiger partial charge is 0.309 e. The second kappa shape index (κ2) is 11.8. The lowest BCUT2D eigenvalue weighted by molar-refractivity contribution is 1.10. The van der Waals surface area contributed by atoms with Crippen molar-refractivity contribution in [2.75, 3.05) is 0 Å². The molecule has 270 valence electrons. The van der Waals surface area contributed by atoms with Crippen molar-refractivity contribution in [2.45, 2.75) is 0 Å². The molecule has 0 bridgehead atoms. The van der Waals surface area contributed by atoms with Crippen molar-refractivity contribution in [1.29, 1.82) is 0 Å². The average molecular weight is 741 g/mol. The van der Waals surface area contributed by atoms with Crippen LogP contribution in [0.3, 0.4) is 0 Å². The molecule has 0 N–H and O–H groups in total. The molecule has 0 aliphatic rings. The minimum Gasteiger partial charge on any atom is -0.309 e. The van der Waals surface area contributed by atoms with Crippen molar-refractivity contribution in [3.05, 3.63) is 194 Å². The Labute approximate surface area is 331 Å². The minimum absolute atomic E-state index is 0.825. The lowest BCUT2D eigenvalue weighted by Gasteiger charge is -2.11. The van der Waals surface area contributed by atoms with Gasteiger partial charge >= 0.3 is 0 Å². The Morgan fingerprint density at radius 2 is 0.586 bits per heavy atom. The van der Waals surface area contributed by atoms with Crippen molar-refractivity contribution in [1.82, 2.24) is 28.2 Å². The van der Waals surface area contributed by atoms with E-state index in [2.05, 4.69) is 212 Å². The van der Waals surface area contributed by atoms with Crippen LogP contribution in [-0.2, 0) is 0 Å². The third kappa shape index (κ3) is 4.26. The molecule has 0 saturated heterocycles. The molecule has 0 amide bonds. The quantitative estimate of drug-likeness (QED) is 0.180. The zero-order chi connectivity index (χ0) is 37.9. The number of rotatable bonds is 4. The van der Waals surface area contributed by atoms with Crippen LogP contribution in [0.1, 0.15) is 0 Å². The molecule has 0 atom stereocenters. The molecular formula is C52H32N6. The van der Waals surface area contributed by atoms with Crippen molar-refractivity contribution in [3.8, 4) is 22.7 Å². The normalized spacial score (nSPS) is 12.1. The molecule has 0 fully saturated rings. The molecule has 6 nitrogen and oxygen atoms in total. The van der Waals surface area contributed by atoms with Gasteiger partial charge in [-0.3, -0.25) is 9.13 Å². The summed E-state index contributed by atoms with van der Waals surface area (Å²) < 4.78 is 9.31. The van der Waals surface area contributed by atoms with E-state index in [9.17, 15) is 0 Å². The van der Waals surface area contributed by atoms with Crippen LogP contribution in [0.5, 0.6) is 0 Å². The molecule has 13 rings (SSSR count). The second-order valence-electron chi connectivity index (χ2n) is 15.1. The number of fused-ring (bicyclic) bond motifs is 12. The van der Waals surface area contributed by atoms with Crippen molar-refractivity contribution < 1.29 is 0 Å². The number of para-hydroxylation sites is 6. The standard InChI is InChI=1S/C52H32N6/c1-3-15-33(16-4-1)55-43-23-11-7-19-37(43)41-31-35(27-29-47(41)55)57-45-25-13-9-21-39(45)49-51(57)54-52-50(53-49)40-22-10-14-26-46(40)58(52)36-28-30-48-42(32-36)38-20-8-12-24-44(38)56(48)34-17-5-2-6-18-34/h1-32H. The van der Waals surface area contributed by atoms with Gasteiger partial charge in [0.25, 0.3) is 0 Å². The summed E-state index contributed by atoms with van der Waals surface area (Å²) in [6.07, 6.45) is 0. The van der Waals surface area contributed by atoms with E-state index < -0.39 is 0 Å². The van der Waals surface area contributed by atoms with Gasteiger partial charge in [0.1, 0.15) is 11.0 Å². The topological polar surface area (TPSA) is 45.5 Å². The third-order valence-electron chi connectivity index (χ3n) is 11.9. The smallest absolute Gasteiger partial charge is 0.166 e. The van der Waals surface area contributed by atoms with Crippen molar-refractivity contribution in [3.63, 3.8) is 0 Å². The Balaban J connectivity index is 1.09. The lowest BCUT2D eigenvalue weighted by atomic mass is 10.1. The first kappa shape index (κ1) is 31.3. The summed E-state index contributed by atoms with van der Waals surface area (Å²) in [6, 6.07) is 69.3. The Morgan fingerprint density at radius 1 is 0.241 bits per heavy atom. The highest BCUT2D eigenvalue weighted by Crippen LogP contribution is 2.40. The monoisotopic (exact) mass is 740 g/mol. The molecule has 0 spiro atoms. The Hall–Kier alpha value is -7.96. The molecule has 13 aromatic rings. The van der Waals surface area contributed by atoms with Crippen LogP contribution in [-0.4, -0.2) is 28.2 Å². The summed E-state index contributed by atoms with van der Waals surface area (Å²) in [4.78, 5) is 11.2. The van der Waals surface area contributed by atoms with Gasteiger partial charge < -0.3 is 9.13 Å². The van der Waals surface area contributed by atoms with Gasteiger partial charge in [-0.05, 0) is 84.9 Å². The molecule has 0 saturated carbocycles. The lowest BCUT2D eigenvalue weighted by Crippen LogP contribution is -2.00. The van der Waals surface area contributed by atoms with Crippen LogP contribution < -0.4 is 0 Å². The molecule has 8 aromatic carbocycles. The summed E-state index contributed by atoms with van der Waals surface area (Å²) >= 11 is 0. The van der Waals surface area contributed by atoms with Crippen LogP contribution in [0.4, 0.5) is 0 Å². The molecule has 5 heterocycles. The molecule has 58 heavy (non-hydrogen) atoms. The van der Waals surface area contributed by atoms with Crippen LogP contribution in [0.25, 0.3) is 110 Å². The maximum atomic E-state index is 5.65. The fourth-order valence-electron chi connectivity index (χ4n) is 9.49. The Bertz CT molecular complexity index is 3540. The van der Waals surface area contributed by atoms with E-state index >= 15 is 0 Å². The van der Waals surface area contributed by atoms with Crippen LogP contribution in [0.15, 0.2) is 194 Å². The SMILES string of the molecule is c1ccc(-n2c3ccccc3c3cc(-n4c5ccccc5c5nc6c7ccccc7n(-c7ccc8c(c7)c7ccccc7n8-c7ccccc7)c6nc54)ccc32)cc1. The van der Waals surface area contributed by atoms with Gasteiger partial charge in [0, 0.05) is 55.1 Å². The number of hydrogen-bond acceptors (Lipinski definition) is 2. The van der Waals surface area contributed by atoms with E-state index in [1.165, 1.54) is 32.6 Å². The predicted molar refractivity (Wildman–Crippen MR) is 239 cm³/mol. The number of nitrogens with zero attached hydrogens (tertiary/aromatic N) is 6. The number of aromatic nitrogens is 6. The number of hydrogen-bond donors (Lipinski definition) is 0. The molecule has 0 aliphatic heterocycles. The first-order valence-electron chi connectivity index (χ1n) is 19.7. The van der Waals surface area contributed by atoms with E-state index in [0.717, 1.165) is 77.9 Å². The molecule has 5 aromatic heterocycles. The van der Waals surface area contributed by atoms with Gasteiger partial charge in [0.2, 0.25) is 0 Å². The van der Waals surface area contributed by atoms with Gasteiger partial charge in [0.15, 0.2) is 11.3 Å². The van der Waals surface area contributed by atoms with Gasteiger partial charge in [-0.1, -0.05) is 109 Å². The van der Waals surface area contributed by atoms with Crippen molar-refractivity contribution in [2.24, 2.45) is 0 Å². The van der Waals surface area contributed by atoms with Crippen molar-refractivity contribution >= 4 is 87.7 Å². The van der Waals surface area contributed by atoms with Crippen LogP contribution >= 0.6 is 0 Å². The van der Waals surface area contributed by atoms with E-state index in [1.54, 1.807) is 0 Å². The summed E-state index contributed by atoms with van der Waals surface area (Å²) in [6.45, 7) is 0. The maximum absolute atomic E-state index is 5.65. The highest BCUT2D eigenvalue weighted by atomic mass is 15.1. The molecule has 0 radical (unpaired) electrons. The second-order valence-corrected chi connectivity index (χ2v) is 15.1. The molecule has 0 unspecified atom stereocenters. The van der Waals surface area contributed by atoms with Crippen LogP contribution in [0, 0.1) is 0 Å². The summed E-state index contributed by atoms with van der Waals surface area (Å²) in [7, 11) is 0. The van der Waals surface area contributed by atoms with Gasteiger partial charge in [-0.2, -0.15) is 0 Å². The van der Waals surface area contributed by atoms with Crippen LogP contribution in [0.2, 0.25) is 0 Å². The zero-order valence-corrected chi connectivity index (χ0v) is 31.2. The van der Waals surface area contributed by atoms with Gasteiger partial charge in [-0.25, -0.2) is 9.97 Å². The highest BCUT2D eigenvalue weighted by molar-refractivity contribution is 6.15. The van der Waals surface area contributed by atoms with Gasteiger partial charge in [0.05, 0.1) is 33.1 Å². The minimum atomic E-state index is 0.825. The van der Waals surface area contributed by atoms with Gasteiger partial charge in [-0.15, -0.1) is 0 Å². The van der Waals surface area contributed by atoms with E-state index in [4.69, 9.17) is 9.97 Å². The fraction of sp³-hybridized carbons (Fsp3) is 0.